The van der Waals surface area contributed by atoms with E-state index in [9.17, 15) is 0 Å². The molecule has 2 heteroatoms. The molecule has 0 rings (SSSR count). The van der Waals surface area contributed by atoms with Gasteiger partial charge in [0.1, 0.15) is 0 Å². The van der Waals surface area contributed by atoms with E-state index in [0.29, 0.717) is 0 Å². The van der Waals surface area contributed by atoms with Gasteiger partial charge in [0.2, 0.25) is 0 Å². The average molecular weight is 351 g/mol. The molecule has 0 fully saturated rings. The molecule has 0 saturated carbocycles. The van der Waals surface area contributed by atoms with Crippen LogP contribution in [0, 0.1) is 0 Å². The third-order valence-corrected chi connectivity index (χ3v) is 5.05. The molecule has 0 aromatic rings. The van der Waals surface area contributed by atoms with Gasteiger partial charge in [-0.15, -0.1) is 23.2 Å². The highest BCUT2D eigenvalue weighted by Gasteiger charge is 1.95. The first kappa shape index (κ1) is 22.6. The highest BCUT2D eigenvalue weighted by Crippen LogP contribution is 2.14. The molecule has 0 N–H and O–H groups in total. The number of rotatable bonds is 19. The van der Waals surface area contributed by atoms with E-state index in [4.69, 9.17) is 23.2 Å². The first-order valence-electron chi connectivity index (χ1n) is 10.0. The lowest BCUT2D eigenvalue weighted by Gasteiger charge is -2.03. The van der Waals surface area contributed by atoms with Crippen molar-refractivity contribution in [2.75, 3.05) is 11.8 Å². The van der Waals surface area contributed by atoms with Crippen LogP contribution >= 0.6 is 23.2 Å². The number of hydrogen-bond donors (Lipinski definition) is 0. The molecule has 0 aromatic heterocycles. The molecule has 0 radical (unpaired) electrons. The summed E-state index contributed by atoms with van der Waals surface area (Å²) >= 11 is 11.3. The van der Waals surface area contributed by atoms with Gasteiger partial charge in [0.05, 0.1) is 0 Å². The summed E-state index contributed by atoms with van der Waals surface area (Å²) < 4.78 is 0. The first-order valence-corrected chi connectivity index (χ1v) is 11.1. The van der Waals surface area contributed by atoms with E-state index < -0.39 is 0 Å². The van der Waals surface area contributed by atoms with Crippen molar-refractivity contribution < 1.29 is 0 Å². The normalized spacial score (nSPS) is 11.2. The van der Waals surface area contributed by atoms with Gasteiger partial charge in [-0.05, 0) is 12.8 Å². The zero-order chi connectivity index (χ0) is 16.1. The molecule has 0 heterocycles. The Hall–Kier alpha value is 0.580. The molecule has 0 aliphatic rings. The van der Waals surface area contributed by atoms with E-state index in [0.717, 1.165) is 11.8 Å². The van der Waals surface area contributed by atoms with Crippen molar-refractivity contribution in [2.45, 2.75) is 116 Å². The van der Waals surface area contributed by atoms with Crippen LogP contribution in [0.5, 0.6) is 0 Å². The molecule has 0 atom stereocenters. The number of unbranched alkanes of at least 4 members (excludes halogenated alkanes) is 17. The van der Waals surface area contributed by atoms with Crippen LogP contribution in [-0.2, 0) is 0 Å². The molecule has 0 bridgehead atoms. The Morgan fingerprint density at radius 1 is 0.227 bits per heavy atom. The van der Waals surface area contributed by atoms with Gasteiger partial charge in [0, 0.05) is 11.8 Å². The van der Waals surface area contributed by atoms with Crippen molar-refractivity contribution in [3.63, 3.8) is 0 Å². The van der Waals surface area contributed by atoms with E-state index in [1.165, 1.54) is 116 Å². The lowest BCUT2D eigenvalue weighted by molar-refractivity contribution is 0.527. The first-order chi connectivity index (χ1) is 10.9. The van der Waals surface area contributed by atoms with Crippen LogP contribution in [0.3, 0.4) is 0 Å². The molecule has 0 aromatic carbocycles. The van der Waals surface area contributed by atoms with Crippen LogP contribution in [0.25, 0.3) is 0 Å². The van der Waals surface area contributed by atoms with Crippen LogP contribution in [0.1, 0.15) is 116 Å². The van der Waals surface area contributed by atoms with E-state index in [-0.39, 0.29) is 0 Å². The second kappa shape index (κ2) is 21.6. The molecule has 0 spiro atoms. The third kappa shape index (κ3) is 20.6. The Balaban J connectivity index is 2.91. The van der Waals surface area contributed by atoms with E-state index in [1.54, 1.807) is 0 Å². The summed E-state index contributed by atoms with van der Waals surface area (Å²) in [6, 6.07) is 0. The summed E-state index contributed by atoms with van der Waals surface area (Å²) in [6.07, 6.45) is 25.2. The molecule has 22 heavy (non-hydrogen) atoms. The predicted molar refractivity (Wildman–Crippen MR) is 105 cm³/mol. The zero-order valence-corrected chi connectivity index (χ0v) is 16.4. The monoisotopic (exact) mass is 350 g/mol. The fraction of sp³-hybridized carbons (Fsp3) is 1.00. The highest BCUT2D eigenvalue weighted by atomic mass is 35.5. The predicted octanol–water partition coefficient (Wildman–Crippen LogP) is 8.49. The van der Waals surface area contributed by atoms with Gasteiger partial charge in [-0.25, -0.2) is 0 Å². The Labute approximate surface area is 150 Å². The van der Waals surface area contributed by atoms with E-state index in [1.807, 2.05) is 0 Å². The Morgan fingerprint density at radius 3 is 0.500 bits per heavy atom. The zero-order valence-electron chi connectivity index (χ0n) is 14.9. The van der Waals surface area contributed by atoms with Crippen LogP contribution in [0.4, 0.5) is 0 Å². The summed E-state index contributed by atoms with van der Waals surface area (Å²) in [5, 5.41) is 0. The maximum Gasteiger partial charge on any atom is 0.0223 e. The van der Waals surface area contributed by atoms with Gasteiger partial charge in [-0.1, -0.05) is 103 Å². The Bertz CT molecular complexity index is 163. The second-order valence-corrected chi connectivity index (χ2v) is 7.50. The molecule has 134 valence electrons. The second-order valence-electron chi connectivity index (χ2n) is 6.74. The van der Waals surface area contributed by atoms with Gasteiger partial charge in [0.25, 0.3) is 0 Å². The summed E-state index contributed by atoms with van der Waals surface area (Å²) in [7, 11) is 0. The largest absolute Gasteiger partial charge is 0.127 e. The summed E-state index contributed by atoms with van der Waals surface area (Å²) in [4.78, 5) is 0. The Kier molecular flexibility index (Phi) is 22.1. The van der Waals surface area contributed by atoms with Crippen molar-refractivity contribution in [3.8, 4) is 0 Å². The maximum atomic E-state index is 5.67. The molecular formula is C20H40Cl2. The minimum Gasteiger partial charge on any atom is -0.127 e. The minimum atomic E-state index is 0.841. The molecule has 0 unspecified atom stereocenters. The number of alkyl halides is 2. The number of halogens is 2. The van der Waals surface area contributed by atoms with Crippen molar-refractivity contribution in [1.82, 2.24) is 0 Å². The van der Waals surface area contributed by atoms with Gasteiger partial charge in [-0.3, -0.25) is 0 Å². The summed E-state index contributed by atoms with van der Waals surface area (Å²) in [5.74, 6) is 1.68. The topological polar surface area (TPSA) is 0 Å². The smallest absolute Gasteiger partial charge is 0.0223 e. The fourth-order valence-electron chi connectivity index (χ4n) is 3.02. The summed E-state index contributed by atoms with van der Waals surface area (Å²) in [5.41, 5.74) is 0. The lowest BCUT2D eigenvalue weighted by Crippen LogP contribution is -1.84. The van der Waals surface area contributed by atoms with Gasteiger partial charge in [-0.2, -0.15) is 0 Å². The SMILES string of the molecule is ClCCCCCCCCCCCCCCCCCCCCCl. The molecular weight excluding hydrogens is 311 g/mol. The van der Waals surface area contributed by atoms with Gasteiger partial charge >= 0.3 is 0 Å². The van der Waals surface area contributed by atoms with Crippen molar-refractivity contribution >= 4 is 23.2 Å². The van der Waals surface area contributed by atoms with E-state index in [2.05, 4.69) is 0 Å². The van der Waals surface area contributed by atoms with Crippen molar-refractivity contribution in [3.05, 3.63) is 0 Å². The van der Waals surface area contributed by atoms with E-state index >= 15 is 0 Å². The molecule has 0 aliphatic heterocycles. The molecule has 0 amide bonds. The van der Waals surface area contributed by atoms with Crippen LogP contribution < -0.4 is 0 Å². The van der Waals surface area contributed by atoms with Crippen LogP contribution in [0.15, 0.2) is 0 Å². The maximum absolute atomic E-state index is 5.67. The van der Waals surface area contributed by atoms with Crippen LogP contribution in [-0.4, -0.2) is 11.8 Å². The standard InChI is InChI=1S/C20H40Cl2/c21-19-17-15-13-11-9-7-5-3-1-2-4-6-8-10-12-14-16-18-20-22/h1-20H2. The number of hydrogen-bond acceptors (Lipinski definition) is 0. The van der Waals surface area contributed by atoms with Crippen molar-refractivity contribution in [1.29, 1.82) is 0 Å². The van der Waals surface area contributed by atoms with Crippen molar-refractivity contribution in [2.24, 2.45) is 0 Å². The lowest BCUT2D eigenvalue weighted by atomic mass is 10.0. The molecule has 0 nitrogen and oxygen atoms in total. The minimum absolute atomic E-state index is 0.841. The van der Waals surface area contributed by atoms with Gasteiger partial charge < -0.3 is 0 Å². The third-order valence-electron chi connectivity index (χ3n) is 4.52. The highest BCUT2D eigenvalue weighted by molar-refractivity contribution is 6.18. The summed E-state index contributed by atoms with van der Waals surface area (Å²) in [6.45, 7) is 0. The fourth-order valence-corrected chi connectivity index (χ4v) is 3.40. The Morgan fingerprint density at radius 2 is 0.364 bits per heavy atom. The van der Waals surface area contributed by atoms with Gasteiger partial charge in [0.15, 0.2) is 0 Å². The molecule has 0 aliphatic carbocycles. The molecule has 0 saturated heterocycles. The average Bonchev–Trinajstić information content (AvgIpc) is 2.54. The van der Waals surface area contributed by atoms with Crippen LogP contribution in [0.2, 0.25) is 0 Å². The quantitative estimate of drug-likeness (QED) is 0.162.